The Labute approximate surface area is 143 Å². The molecule has 8 heteroatoms. The Morgan fingerprint density at radius 2 is 1.91 bits per heavy atom. The number of halogens is 2. The largest absolute Gasteiger partial charge is 0.355 e. The molecule has 1 amide bonds. The Morgan fingerprint density at radius 1 is 1.18 bits per heavy atom. The topological polar surface area (TPSA) is 61.4 Å². The zero-order valence-corrected chi connectivity index (χ0v) is 14.3. The molecule has 3 rings (SSSR count). The molecule has 22 heavy (non-hydrogen) atoms. The smallest absolute Gasteiger partial charge is 0.274 e. The first kappa shape index (κ1) is 18.9. The summed E-state index contributed by atoms with van der Waals surface area (Å²) in [5.41, 5.74) is 0.446. The number of nitrogens with one attached hydrogen (secondary N) is 1. The van der Waals surface area contributed by atoms with E-state index in [9.17, 15) is 4.79 Å². The fourth-order valence-corrected chi connectivity index (χ4v) is 2.84. The molecule has 2 aliphatic rings. The van der Waals surface area contributed by atoms with E-state index < -0.39 is 0 Å². The number of nitrogens with zero attached hydrogens (tertiary/aromatic N) is 4. The lowest BCUT2D eigenvalue weighted by molar-refractivity contribution is 0.0648. The summed E-state index contributed by atoms with van der Waals surface area (Å²) in [6.07, 6.45) is 2.42. The van der Waals surface area contributed by atoms with E-state index in [1.54, 1.807) is 6.07 Å². The van der Waals surface area contributed by atoms with Gasteiger partial charge in [0.15, 0.2) is 11.5 Å². The molecule has 3 heterocycles. The van der Waals surface area contributed by atoms with Gasteiger partial charge in [-0.3, -0.25) is 4.79 Å². The highest BCUT2D eigenvalue weighted by Crippen LogP contribution is 2.17. The van der Waals surface area contributed by atoms with Gasteiger partial charge in [-0.05, 0) is 31.9 Å². The van der Waals surface area contributed by atoms with Crippen molar-refractivity contribution < 1.29 is 4.79 Å². The van der Waals surface area contributed by atoms with Crippen LogP contribution < -0.4 is 10.2 Å². The van der Waals surface area contributed by atoms with Gasteiger partial charge in [0.05, 0.1) is 0 Å². The van der Waals surface area contributed by atoms with Crippen molar-refractivity contribution in [3.63, 3.8) is 0 Å². The number of rotatable bonds is 2. The van der Waals surface area contributed by atoms with Gasteiger partial charge in [0.2, 0.25) is 0 Å². The van der Waals surface area contributed by atoms with Crippen LogP contribution in [0.3, 0.4) is 0 Å². The molecule has 0 spiro atoms. The summed E-state index contributed by atoms with van der Waals surface area (Å²) in [4.78, 5) is 16.5. The van der Waals surface area contributed by atoms with Crippen molar-refractivity contribution in [2.24, 2.45) is 0 Å². The second kappa shape index (κ2) is 8.50. The molecule has 0 bridgehead atoms. The fourth-order valence-electron chi connectivity index (χ4n) is 2.84. The number of piperazine rings is 1. The van der Waals surface area contributed by atoms with Crippen molar-refractivity contribution in [2.75, 3.05) is 37.6 Å². The normalized spacial score (nSPS) is 21.0. The number of amides is 1. The number of anilines is 1. The van der Waals surface area contributed by atoms with Crippen molar-refractivity contribution in [1.29, 1.82) is 0 Å². The molecule has 1 unspecified atom stereocenters. The molecule has 0 aromatic carbocycles. The Kier molecular flexibility index (Phi) is 7.32. The van der Waals surface area contributed by atoms with Crippen molar-refractivity contribution >= 4 is 36.5 Å². The number of carbonyl (C=O) groups excluding carboxylic acids is 1. The van der Waals surface area contributed by atoms with Gasteiger partial charge in [-0.2, -0.15) is 0 Å². The SMILES string of the molecule is CC1CNCCN1C(=O)c1ccc(N2CCCC2)nn1.Cl.Cl. The maximum Gasteiger partial charge on any atom is 0.274 e. The second-order valence-electron chi connectivity index (χ2n) is 5.52. The molecule has 6 nitrogen and oxygen atoms in total. The highest BCUT2D eigenvalue weighted by Gasteiger charge is 2.25. The third-order valence-electron chi connectivity index (χ3n) is 4.06. The number of carbonyl (C=O) groups is 1. The molecule has 0 saturated carbocycles. The second-order valence-corrected chi connectivity index (χ2v) is 5.52. The van der Waals surface area contributed by atoms with Gasteiger partial charge in [0.25, 0.3) is 5.91 Å². The van der Waals surface area contributed by atoms with Gasteiger partial charge in [-0.15, -0.1) is 35.0 Å². The first-order chi connectivity index (χ1) is 9.75. The Balaban J connectivity index is 0.00000121. The minimum atomic E-state index is -0.0144. The predicted octanol–water partition coefficient (Wildman–Crippen LogP) is 1.35. The van der Waals surface area contributed by atoms with E-state index in [-0.39, 0.29) is 36.8 Å². The average Bonchev–Trinajstić information content (AvgIpc) is 3.01. The summed E-state index contributed by atoms with van der Waals surface area (Å²) in [7, 11) is 0. The van der Waals surface area contributed by atoms with Crippen LogP contribution in [0.5, 0.6) is 0 Å². The van der Waals surface area contributed by atoms with E-state index in [1.165, 1.54) is 12.8 Å². The standard InChI is InChI=1S/C14H21N5O.2ClH/c1-11-10-15-6-9-19(11)14(20)12-4-5-13(17-16-12)18-7-2-3-8-18;;/h4-5,11,15H,2-3,6-10H2,1H3;2*1H. The number of hydrogen-bond donors (Lipinski definition) is 1. The Morgan fingerprint density at radius 3 is 2.50 bits per heavy atom. The van der Waals surface area contributed by atoms with E-state index >= 15 is 0 Å². The Hall–Kier alpha value is -1.11. The first-order valence-corrected chi connectivity index (χ1v) is 7.36. The van der Waals surface area contributed by atoms with E-state index in [0.717, 1.165) is 38.5 Å². The maximum absolute atomic E-state index is 12.4. The van der Waals surface area contributed by atoms with E-state index in [4.69, 9.17) is 0 Å². The zero-order valence-electron chi connectivity index (χ0n) is 12.7. The van der Waals surface area contributed by atoms with Crippen LogP contribution in [0, 0.1) is 0 Å². The molecule has 1 aromatic rings. The van der Waals surface area contributed by atoms with Crippen LogP contribution in [0.15, 0.2) is 12.1 Å². The lowest BCUT2D eigenvalue weighted by Gasteiger charge is -2.33. The van der Waals surface area contributed by atoms with E-state index in [1.807, 2.05) is 11.0 Å². The van der Waals surface area contributed by atoms with Crippen LogP contribution in [0.2, 0.25) is 0 Å². The van der Waals surface area contributed by atoms with Gasteiger partial charge in [0.1, 0.15) is 0 Å². The van der Waals surface area contributed by atoms with Crippen molar-refractivity contribution in [3.8, 4) is 0 Å². The summed E-state index contributed by atoms with van der Waals surface area (Å²) < 4.78 is 0. The van der Waals surface area contributed by atoms with Gasteiger partial charge in [-0.25, -0.2) is 0 Å². The van der Waals surface area contributed by atoms with E-state index in [0.29, 0.717) is 5.69 Å². The molecule has 2 aliphatic heterocycles. The predicted molar refractivity (Wildman–Crippen MR) is 91.3 cm³/mol. The van der Waals surface area contributed by atoms with Crippen LogP contribution >= 0.6 is 24.8 Å². The molecule has 1 atom stereocenters. The summed E-state index contributed by atoms with van der Waals surface area (Å²) in [5, 5.41) is 11.6. The summed E-state index contributed by atoms with van der Waals surface area (Å²) >= 11 is 0. The van der Waals surface area contributed by atoms with Crippen LogP contribution in [0.25, 0.3) is 0 Å². The minimum Gasteiger partial charge on any atom is -0.355 e. The third-order valence-corrected chi connectivity index (χ3v) is 4.06. The fraction of sp³-hybridized carbons (Fsp3) is 0.643. The molecule has 1 aromatic heterocycles. The third kappa shape index (κ3) is 4.00. The van der Waals surface area contributed by atoms with E-state index in [2.05, 4.69) is 27.3 Å². The van der Waals surface area contributed by atoms with Crippen LogP contribution in [-0.2, 0) is 0 Å². The van der Waals surface area contributed by atoms with Gasteiger partial charge in [-0.1, -0.05) is 0 Å². The minimum absolute atomic E-state index is 0. The highest BCUT2D eigenvalue weighted by molar-refractivity contribution is 5.92. The first-order valence-electron chi connectivity index (χ1n) is 7.36. The van der Waals surface area contributed by atoms with Crippen LogP contribution in [-0.4, -0.2) is 59.8 Å². The molecular formula is C14H23Cl2N5O. The molecule has 124 valence electrons. The zero-order chi connectivity index (χ0) is 13.9. The van der Waals surface area contributed by atoms with Gasteiger partial charge in [0, 0.05) is 38.8 Å². The van der Waals surface area contributed by atoms with Gasteiger partial charge < -0.3 is 15.1 Å². The molecule has 2 saturated heterocycles. The maximum atomic E-state index is 12.4. The number of aromatic nitrogens is 2. The van der Waals surface area contributed by atoms with Crippen molar-refractivity contribution in [2.45, 2.75) is 25.8 Å². The molecule has 0 radical (unpaired) electrons. The summed E-state index contributed by atoms with van der Waals surface area (Å²) in [5.74, 6) is 0.867. The number of hydrogen-bond acceptors (Lipinski definition) is 5. The monoisotopic (exact) mass is 347 g/mol. The average molecular weight is 348 g/mol. The molecule has 1 N–H and O–H groups in total. The lowest BCUT2D eigenvalue weighted by Crippen LogP contribution is -2.52. The Bertz CT molecular complexity index is 479. The van der Waals surface area contributed by atoms with Crippen LogP contribution in [0.1, 0.15) is 30.3 Å². The highest BCUT2D eigenvalue weighted by atomic mass is 35.5. The molecule has 0 aliphatic carbocycles. The summed E-state index contributed by atoms with van der Waals surface area (Å²) in [6, 6.07) is 3.92. The summed E-state index contributed by atoms with van der Waals surface area (Å²) in [6.45, 7) is 6.54. The quantitative estimate of drug-likeness (QED) is 0.874. The van der Waals surface area contributed by atoms with Crippen molar-refractivity contribution in [3.05, 3.63) is 17.8 Å². The van der Waals surface area contributed by atoms with Gasteiger partial charge >= 0.3 is 0 Å². The molecular weight excluding hydrogens is 325 g/mol. The van der Waals surface area contributed by atoms with Crippen LogP contribution in [0.4, 0.5) is 5.82 Å². The lowest BCUT2D eigenvalue weighted by atomic mass is 10.2. The molecule has 2 fully saturated rings. The van der Waals surface area contributed by atoms with Crippen molar-refractivity contribution in [1.82, 2.24) is 20.4 Å².